The van der Waals surface area contributed by atoms with E-state index in [0.717, 1.165) is 6.07 Å². The molecule has 18 heavy (non-hydrogen) atoms. The molecular weight excluding hydrogens is 255 g/mol. The quantitative estimate of drug-likeness (QED) is 0.797. The Hall–Kier alpha value is -2.08. The van der Waals surface area contributed by atoms with Crippen LogP contribution in [0.4, 0.5) is 4.39 Å². The van der Waals surface area contributed by atoms with E-state index in [1.807, 2.05) is 0 Å². The SMILES string of the molecule is O=S(=O)(/N=C/c1cccnc1)c1cccc(F)c1. The van der Waals surface area contributed by atoms with Crippen LogP contribution in [0.2, 0.25) is 0 Å². The Morgan fingerprint density at radius 2 is 2.06 bits per heavy atom. The van der Waals surface area contributed by atoms with Crippen LogP contribution in [0.3, 0.4) is 0 Å². The normalized spacial score (nSPS) is 11.8. The number of sulfonamides is 1. The maximum atomic E-state index is 12.9. The lowest BCUT2D eigenvalue weighted by Crippen LogP contribution is -1.98. The number of rotatable bonds is 3. The van der Waals surface area contributed by atoms with Crippen LogP contribution in [-0.4, -0.2) is 19.6 Å². The summed E-state index contributed by atoms with van der Waals surface area (Å²) in [4.78, 5) is 3.65. The summed E-state index contributed by atoms with van der Waals surface area (Å²) in [5, 5.41) is 0. The van der Waals surface area contributed by atoms with E-state index in [4.69, 9.17) is 0 Å². The summed E-state index contributed by atoms with van der Waals surface area (Å²) in [6, 6.07) is 8.04. The van der Waals surface area contributed by atoms with Crippen LogP contribution >= 0.6 is 0 Å². The van der Waals surface area contributed by atoms with Crippen LogP contribution in [0.15, 0.2) is 58.1 Å². The van der Waals surface area contributed by atoms with E-state index in [0.29, 0.717) is 5.56 Å². The highest BCUT2D eigenvalue weighted by atomic mass is 32.2. The van der Waals surface area contributed by atoms with Crippen LogP contribution in [0.1, 0.15) is 5.56 Å². The molecule has 0 unspecified atom stereocenters. The molecule has 92 valence electrons. The first-order chi connectivity index (χ1) is 8.58. The molecule has 0 radical (unpaired) electrons. The summed E-state index contributed by atoms with van der Waals surface area (Å²) in [6.45, 7) is 0. The van der Waals surface area contributed by atoms with Gasteiger partial charge < -0.3 is 0 Å². The Balaban J connectivity index is 2.31. The summed E-state index contributed by atoms with van der Waals surface area (Å²) in [7, 11) is -3.88. The van der Waals surface area contributed by atoms with Crippen molar-refractivity contribution in [2.75, 3.05) is 0 Å². The molecule has 0 aliphatic heterocycles. The van der Waals surface area contributed by atoms with E-state index < -0.39 is 15.8 Å². The molecule has 0 amide bonds. The van der Waals surface area contributed by atoms with Gasteiger partial charge in [0, 0.05) is 24.2 Å². The number of aromatic nitrogens is 1. The van der Waals surface area contributed by atoms with E-state index >= 15 is 0 Å². The van der Waals surface area contributed by atoms with Crippen LogP contribution in [0.25, 0.3) is 0 Å². The molecule has 1 aromatic carbocycles. The highest BCUT2D eigenvalue weighted by molar-refractivity contribution is 7.90. The van der Waals surface area contributed by atoms with Crippen LogP contribution in [0, 0.1) is 5.82 Å². The third kappa shape index (κ3) is 2.98. The van der Waals surface area contributed by atoms with Crippen molar-refractivity contribution >= 4 is 16.2 Å². The van der Waals surface area contributed by atoms with E-state index in [1.54, 1.807) is 18.3 Å². The number of nitrogens with zero attached hydrogens (tertiary/aromatic N) is 2. The maximum absolute atomic E-state index is 12.9. The monoisotopic (exact) mass is 264 g/mol. The second-order valence-corrected chi connectivity index (χ2v) is 5.09. The van der Waals surface area contributed by atoms with Gasteiger partial charge in [0.1, 0.15) is 5.82 Å². The van der Waals surface area contributed by atoms with Gasteiger partial charge in [-0.2, -0.15) is 12.8 Å². The van der Waals surface area contributed by atoms with E-state index in [2.05, 4.69) is 9.38 Å². The summed E-state index contributed by atoms with van der Waals surface area (Å²) < 4.78 is 40.0. The Morgan fingerprint density at radius 1 is 1.22 bits per heavy atom. The minimum atomic E-state index is -3.88. The molecule has 0 atom stereocenters. The molecule has 1 aromatic heterocycles. The molecule has 2 aromatic rings. The summed E-state index contributed by atoms with van der Waals surface area (Å²) >= 11 is 0. The van der Waals surface area contributed by atoms with Crippen molar-refractivity contribution in [3.05, 3.63) is 60.2 Å². The second kappa shape index (κ2) is 5.05. The molecule has 0 fully saturated rings. The van der Waals surface area contributed by atoms with E-state index in [9.17, 15) is 12.8 Å². The van der Waals surface area contributed by atoms with Gasteiger partial charge in [0.05, 0.1) is 4.90 Å². The second-order valence-electron chi connectivity index (χ2n) is 3.45. The molecular formula is C12H9FN2O2S. The van der Waals surface area contributed by atoms with Crippen molar-refractivity contribution in [3.63, 3.8) is 0 Å². The van der Waals surface area contributed by atoms with Gasteiger partial charge in [0.25, 0.3) is 10.0 Å². The fourth-order valence-corrected chi connectivity index (χ4v) is 2.17. The third-order valence-corrected chi connectivity index (χ3v) is 3.35. The first kappa shape index (κ1) is 12.4. The van der Waals surface area contributed by atoms with Crippen molar-refractivity contribution in [2.45, 2.75) is 4.90 Å². The average molecular weight is 264 g/mol. The van der Waals surface area contributed by atoms with Crippen molar-refractivity contribution < 1.29 is 12.8 Å². The minimum Gasteiger partial charge on any atom is -0.264 e. The largest absolute Gasteiger partial charge is 0.282 e. The molecule has 0 spiro atoms. The molecule has 1 heterocycles. The number of benzene rings is 1. The first-order valence-corrected chi connectivity index (χ1v) is 6.48. The third-order valence-electron chi connectivity index (χ3n) is 2.12. The topological polar surface area (TPSA) is 59.4 Å². The van der Waals surface area contributed by atoms with Gasteiger partial charge in [-0.05, 0) is 24.3 Å². The highest BCUT2D eigenvalue weighted by Gasteiger charge is 2.11. The lowest BCUT2D eigenvalue weighted by molar-refractivity contribution is 0.592. The van der Waals surface area contributed by atoms with Crippen LogP contribution in [0.5, 0.6) is 0 Å². The van der Waals surface area contributed by atoms with Gasteiger partial charge in [-0.1, -0.05) is 12.1 Å². The lowest BCUT2D eigenvalue weighted by atomic mass is 10.3. The fraction of sp³-hybridized carbons (Fsp3) is 0. The predicted octanol–water partition coefficient (Wildman–Crippen LogP) is 2.03. The van der Waals surface area contributed by atoms with Crippen molar-refractivity contribution in [1.29, 1.82) is 0 Å². The molecule has 0 aliphatic carbocycles. The molecule has 0 saturated heterocycles. The van der Waals surface area contributed by atoms with Crippen molar-refractivity contribution in [3.8, 4) is 0 Å². The summed E-state index contributed by atoms with van der Waals surface area (Å²) in [5.41, 5.74) is 0.553. The summed E-state index contributed by atoms with van der Waals surface area (Å²) in [5.74, 6) is -0.618. The zero-order valence-electron chi connectivity index (χ0n) is 9.19. The molecule has 0 N–H and O–H groups in total. The standard InChI is InChI=1S/C12H9FN2O2S/c13-11-4-1-5-12(7-11)18(16,17)15-9-10-3-2-6-14-8-10/h1-9H/b15-9+. The number of pyridine rings is 1. The highest BCUT2D eigenvalue weighted by Crippen LogP contribution is 2.13. The fourth-order valence-electron chi connectivity index (χ4n) is 1.27. The summed E-state index contributed by atoms with van der Waals surface area (Å²) in [6.07, 6.45) is 4.22. The number of hydrogen-bond donors (Lipinski definition) is 0. The Bertz CT molecular complexity index is 669. The van der Waals surface area contributed by atoms with Crippen LogP contribution in [-0.2, 0) is 10.0 Å². The van der Waals surface area contributed by atoms with Crippen LogP contribution < -0.4 is 0 Å². The zero-order chi connectivity index (χ0) is 13.0. The zero-order valence-corrected chi connectivity index (χ0v) is 10.0. The Kier molecular flexibility index (Phi) is 3.47. The lowest BCUT2D eigenvalue weighted by Gasteiger charge is -1.98. The van der Waals surface area contributed by atoms with Gasteiger partial charge in [0.2, 0.25) is 0 Å². The minimum absolute atomic E-state index is 0.178. The Morgan fingerprint density at radius 3 is 2.72 bits per heavy atom. The van der Waals surface area contributed by atoms with Gasteiger partial charge >= 0.3 is 0 Å². The maximum Gasteiger partial charge on any atom is 0.282 e. The molecule has 4 nitrogen and oxygen atoms in total. The number of halogens is 1. The molecule has 6 heteroatoms. The smallest absolute Gasteiger partial charge is 0.264 e. The van der Waals surface area contributed by atoms with Gasteiger partial charge in [-0.25, -0.2) is 4.39 Å². The molecule has 0 aliphatic rings. The average Bonchev–Trinajstić information content (AvgIpc) is 2.38. The predicted molar refractivity (Wildman–Crippen MR) is 65.4 cm³/mol. The number of hydrogen-bond acceptors (Lipinski definition) is 3. The van der Waals surface area contributed by atoms with Gasteiger partial charge in [-0.3, -0.25) is 4.98 Å². The van der Waals surface area contributed by atoms with Gasteiger partial charge in [-0.15, -0.1) is 0 Å². The van der Waals surface area contributed by atoms with Gasteiger partial charge in [0.15, 0.2) is 0 Å². The van der Waals surface area contributed by atoms with E-state index in [-0.39, 0.29) is 4.90 Å². The first-order valence-electron chi connectivity index (χ1n) is 5.04. The molecule has 0 saturated carbocycles. The Labute approximate surface area is 104 Å². The van der Waals surface area contributed by atoms with Crippen molar-refractivity contribution in [1.82, 2.24) is 4.98 Å². The van der Waals surface area contributed by atoms with E-state index in [1.165, 1.54) is 30.6 Å². The van der Waals surface area contributed by atoms with Crippen molar-refractivity contribution in [2.24, 2.45) is 4.40 Å². The molecule has 2 rings (SSSR count). The molecule has 0 bridgehead atoms.